The van der Waals surface area contributed by atoms with Gasteiger partial charge < -0.3 is 20.1 Å². The van der Waals surface area contributed by atoms with Gasteiger partial charge in [0.1, 0.15) is 12.4 Å². The Kier molecular flexibility index (Phi) is 9.57. The Morgan fingerprint density at radius 3 is 2.26 bits per heavy atom. The van der Waals surface area contributed by atoms with Crippen molar-refractivity contribution in [2.75, 3.05) is 32.2 Å². The zero-order chi connectivity index (χ0) is 24.2. The van der Waals surface area contributed by atoms with E-state index in [1.807, 2.05) is 30.3 Å². The summed E-state index contributed by atoms with van der Waals surface area (Å²) in [7, 11) is 1.58. The first-order chi connectivity index (χ1) is 16.6. The van der Waals surface area contributed by atoms with Crippen molar-refractivity contribution in [3.8, 4) is 5.75 Å². The number of carbonyl (C=O) groups is 2. The Labute approximate surface area is 204 Å². The Bertz CT molecular complexity index is 1120. The van der Waals surface area contributed by atoms with Crippen molar-refractivity contribution in [2.45, 2.75) is 6.42 Å². The van der Waals surface area contributed by atoms with Gasteiger partial charge in [-0.1, -0.05) is 54.6 Å². The van der Waals surface area contributed by atoms with Crippen LogP contribution in [0.25, 0.3) is 0 Å². The molecule has 0 heterocycles. The molecule has 3 rings (SSSR count). The van der Waals surface area contributed by atoms with Crippen LogP contribution in [0.15, 0.2) is 78.9 Å². The number of para-hydroxylation sites is 2. The van der Waals surface area contributed by atoms with Gasteiger partial charge in [-0.3, -0.25) is 14.9 Å². The number of nitrogens with one attached hydrogen (secondary N) is 3. The van der Waals surface area contributed by atoms with Gasteiger partial charge in [-0.2, -0.15) is 0 Å². The van der Waals surface area contributed by atoms with E-state index >= 15 is 0 Å². The molecule has 0 atom stereocenters. The van der Waals surface area contributed by atoms with E-state index in [-0.39, 0.29) is 11.0 Å². The van der Waals surface area contributed by atoms with E-state index in [2.05, 4.69) is 16.0 Å². The SMILES string of the molecule is COCCOc1ccccc1C(=O)NC(=S)Nc1ccccc1C(=O)NCCc1ccccc1. The molecule has 0 saturated heterocycles. The van der Waals surface area contributed by atoms with Gasteiger partial charge >= 0.3 is 0 Å². The smallest absolute Gasteiger partial charge is 0.261 e. The number of thiocarbonyl (C=S) groups is 1. The predicted molar refractivity (Wildman–Crippen MR) is 136 cm³/mol. The molecule has 0 aromatic heterocycles. The molecule has 3 aromatic carbocycles. The molecule has 0 saturated carbocycles. The van der Waals surface area contributed by atoms with E-state index in [1.54, 1.807) is 55.6 Å². The zero-order valence-electron chi connectivity index (χ0n) is 18.9. The molecule has 0 radical (unpaired) electrons. The Hall–Kier alpha value is -3.75. The monoisotopic (exact) mass is 477 g/mol. The van der Waals surface area contributed by atoms with Crippen LogP contribution in [-0.4, -0.2) is 43.8 Å². The van der Waals surface area contributed by atoms with Crippen LogP contribution in [0.5, 0.6) is 5.75 Å². The molecule has 3 aromatic rings. The summed E-state index contributed by atoms with van der Waals surface area (Å²) >= 11 is 5.32. The van der Waals surface area contributed by atoms with Gasteiger partial charge in [-0.25, -0.2) is 0 Å². The van der Waals surface area contributed by atoms with E-state index in [9.17, 15) is 9.59 Å². The van der Waals surface area contributed by atoms with Crippen LogP contribution in [0, 0.1) is 0 Å². The van der Waals surface area contributed by atoms with Crippen molar-refractivity contribution in [2.24, 2.45) is 0 Å². The molecule has 0 aliphatic carbocycles. The molecule has 7 nitrogen and oxygen atoms in total. The molecule has 0 bridgehead atoms. The summed E-state index contributed by atoms with van der Waals surface area (Å²) in [5, 5.41) is 8.59. The Morgan fingerprint density at radius 2 is 1.50 bits per heavy atom. The Balaban J connectivity index is 1.59. The van der Waals surface area contributed by atoms with Gasteiger partial charge in [0, 0.05) is 13.7 Å². The number of benzene rings is 3. The first-order valence-electron chi connectivity index (χ1n) is 10.8. The minimum absolute atomic E-state index is 0.0706. The van der Waals surface area contributed by atoms with Crippen molar-refractivity contribution in [3.05, 3.63) is 95.6 Å². The zero-order valence-corrected chi connectivity index (χ0v) is 19.7. The maximum Gasteiger partial charge on any atom is 0.261 e. The molecule has 176 valence electrons. The lowest BCUT2D eigenvalue weighted by Gasteiger charge is -2.15. The standard InChI is InChI=1S/C26H27N3O4S/c1-32-17-18-33-23-14-8-6-12-21(23)25(31)29-26(34)28-22-13-7-5-11-20(22)24(30)27-16-15-19-9-3-2-4-10-19/h2-14H,15-18H2,1H3,(H,27,30)(H2,28,29,31,34). The maximum absolute atomic E-state index is 12.8. The highest BCUT2D eigenvalue weighted by Crippen LogP contribution is 2.18. The maximum atomic E-state index is 12.8. The van der Waals surface area contributed by atoms with Crippen LogP contribution in [0.2, 0.25) is 0 Å². The quantitative estimate of drug-likeness (QED) is 0.304. The average molecular weight is 478 g/mol. The predicted octanol–water partition coefficient (Wildman–Crippen LogP) is 3.81. The number of anilines is 1. The topological polar surface area (TPSA) is 88.7 Å². The van der Waals surface area contributed by atoms with Gasteiger partial charge in [-0.15, -0.1) is 0 Å². The van der Waals surface area contributed by atoms with E-state index in [0.29, 0.717) is 42.3 Å². The lowest BCUT2D eigenvalue weighted by atomic mass is 10.1. The van der Waals surface area contributed by atoms with Crippen molar-refractivity contribution < 1.29 is 19.1 Å². The molecule has 8 heteroatoms. The van der Waals surface area contributed by atoms with Gasteiger partial charge in [0.25, 0.3) is 11.8 Å². The minimum atomic E-state index is -0.421. The minimum Gasteiger partial charge on any atom is -0.490 e. The lowest BCUT2D eigenvalue weighted by Crippen LogP contribution is -2.35. The fraction of sp³-hybridized carbons (Fsp3) is 0.192. The number of hydrogen-bond acceptors (Lipinski definition) is 5. The summed E-state index contributed by atoms with van der Waals surface area (Å²) < 4.78 is 10.6. The number of carbonyl (C=O) groups excluding carboxylic acids is 2. The lowest BCUT2D eigenvalue weighted by molar-refractivity contribution is 0.0952. The fourth-order valence-corrected chi connectivity index (χ4v) is 3.39. The van der Waals surface area contributed by atoms with Gasteiger partial charge in [-0.05, 0) is 48.5 Å². The molecule has 0 unspecified atom stereocenters. The molecule has 0 spiro atoms. The largest absolute Gasteiger partial charge is 0.490 e. The summed E-state index contributed by atoms with van der Waals surface area (Å²) in [6, 6.07) is 23.8. The molecular formula is C26H27N3O4S. The first kappa shape index (κ1) is 24.9. The highest BCUT2D eigenvalue weighted by Gasteiger charge is 2.16. The summed E-state index contributed by atoms with van der Waals surface area (Å²) in [5.74, 6) is -0.224. The van der Waals surface area contributed by atoms with Crippen LogP contribution in [0.3, 0.4) is 0 Å². The fourth-order valence-electron chi connectivity index (χ4n) is 3.19. The summed E-state index contributed by atoms with van der Waals surface area (Å²) in [6.45, 7) is 1.22. The number of rotatable bonds is 10. The van der Waals surface area contributed by atoms with Crippen LogP contribution < -0.4 is 20.7 Å². The normalized spacial score (nSPS) is 10.3. The van der Waals surface area contributed by atoms with E-state index in [4.69, 9.17) is 21.7 Å². The van der Waals surface area contributed by atoms with E-state index < -0.39 is 5.91 Å². The van der Waals surface area contributed by atoms with Crippen LogP contribution >= 0.6 is 12.2 Å². The summed E-state index contributed by atoms with van der Waals surface area (Å²) in [4.78, 5) is 25.5. The highest BCUT2D eigenvalue weighted by atomic mass is 32.1. The molecule has 0 aliphatic heterocycles. The third kappa shape index (κ3) is 7.40. The van der Waals surface area contributed by atoms with Gasteiger partial charge in [0.2, 0.25) is 0 Å². The molecule has 2 amide bonds. The second-order valence-electron chi connectivity index (χ2n) is 7.28. The molecule has 34 heavy (non-hydrogen) atoms. The van der Waals surface area contributed by atoms with Crippen molar-refractivity contribution in [1.82, 2.24) is 10.6 Å². The van der Waals surface area contributed by atoms with E-state index in [0.717, 1.165) is 12.0 Å². The van der Waals surface area contributed by atoms with Gasteiger partial charge in [0.15, 0.2) is 5.11 Å². The molecule has 0 aliphatic rings. The van der Waals surface area contributed by atoms with Crippen molar-refractivity contribution >= 4 is 34.8 Å². The second-order valence-corrected chi connectivity index (χ2v) is 7.69. The number of hydrogen-bond donors (Lipinski definition) is 3. The second kappa shape index (κ2) is 13.1. The Morgan fingerprint density at radius 1 is 0.824 bits per heavy atom. The van der Waals surface area contributed by atoms with Crippen LogP contribution in [-0.2, 0) is 11.2 Å². The number of ether oxygens (including phenoxy) is 2. The molecule has 0 fully saturated rings. The first-order valence-corrected chi connectivity index (χ1v) is 11.2. The summed E-state index contributed by atoms with van der Waals surface area (Å²) in [5.41, 5.74) is 2.41. The third-order valence-corrected chi connectivity index (χ3v) is 5.07. The highest BCUT2D eigenvalue weighted by molar-refractivity contribution is 7.80. The van der Waals surface area contributed by atoms with E-state index in [1.165, 1.54) is 0 Å². The van der Waals surface area contributed by atoms with Crippen molar-refractivity contribution in [3.63, 3.8) is 0 Å². The number of amides is 2. The molecular weight excluding hydrogens is 450 g/mol. The van der Waals surface area contributed by atoms with Crippen molar-refractivity contribution in [1.29, 1.82) is 0 Å². The average Bonchev–Trinajstić information content (AvgIpc) is 2.85. The molecule has 3 N–H and O–H groups in total. The summed E-state index contributed by atoms with van der Waals surface area (Å²) in [6.07, 6.45) is 0.725. The van der Waals surface area contributed by atoms with Crippen LogP contribution in [0.4, 0.5) is 5.69 Å². The van der Waals surface area contributed by atoms with Crippen LogP contribution in [0.1, 0.15) is 26.3 Å². The third-order valence-electron chi connectivity index (χ3n) is 4.87. The van der Waals surface area contributed by atoms with Gasteiger partial charge in [0.05, 0.1) is 23.4 Å². The number of methoxy groups -OCH3 is 1.